The summed E-state index contributed by atoms with van der Waals surface area (Å²) in [6, 6.07) is 16.9. The lowest BCUT2D eigenvalue weighted by Crippen LogP contribution is -2.14. The molecule has 0 unspecified atom stereocenters. The predicted octanol–water partition coefficient (Wildman–Crippen LogP) is 5.38. The van der Waals surface area contributed by atoms with Crippen LogP contribution in [0.2, 0.25) is 0 Å². The van der Waals surface area contributed by atoms with Crippen LogP contribution in [0.15, 0.2) is 60.7 Å². The Labute approximate surface area is 159 Å². The van der Waals surface area contributed by atoms with Crippen LogP contribution < -0.4 is 4.90 Å². The van der Waals surface area contributed by atoms with Gasteiger partial charge in [-0.2, -0.15) is 13.2 Å². The van der Waals surface area contributed by atoms with E-state index in [-0.39, 0.29) is 11.5 Å². The van der Waals surface area contributed by atoms with E-state index in [1.54, 1.807) is 37.2 Å². The molecular formula is C21H17F3N4. The number of rotatable bonds is 3. The van der Waals surface area contributed by atoms with Crippen molar-refractivity contribution in [2.75, 3.05) is 19.0 Å². The van der Waals surface area contributed by atoms with Crippen LogP contribution in [0.3, 0.4) is 0 Å². The summed E-state index contributed by atoms with van der Waals surface area (Å²) in [5.41, 5.74) is 2.63. The molecule has 142 valence electrons. The molecule has 2 aromatic heterocycles. The van der Waals surface area contributed by atoms with E-state index >= 15 is 0 Å². The van der Waals surface area contributed by atoms with Gasteiger partial charge in [0.1, 0.15) is 11.6 Å². The largest absolute Gasteiger partial charge is 0.416 e. The number of hydrogen-bond donors (Lipinski definition) is 1. The van der Waals surface area contributed by atoms with E-state index in [2.05, 4.69) is 15.0 Å². The summed E-state index contributed by atoms with van der Waals surface area (Å²) in [5.74, 6) is 0.904. The molecule has 0 radical (unpaired) electrons. The minimum atomic E-state index is -4.45. The van der Waals surface area contributed by atoms with Gasteiger partial charge in [0.2, 0.25) is 0 Å². The zero-order chi connectivity index (χ0) is 19.9. The number of pyridine rings is 1. The Hall–Kier alpha value is -3.35. The zero-order valence-corrected chi connectivity index (χ0v) is 15.2. The first-order valence-electron chi connectivity index (χ1n) is 8.63. The first-order valence-corrected chi connectivity index (χ1v) is 8.63. The van der Waals surface area contributed by atoms with Crippen LogP contribution in [-0.2, 0) is 6.18 Å². The van der Waals surface area contributed by atoms with Crippen molar-refractivity contribution in [1.82, 2.24) is 15.0 Å². The van der Waals surface area contributed by atoms with E-state index in [4.69, 9.17) is 0 Å². The van der Waals surface area contributed by atoms with Crippen molar-refractivity contribution in [2.45, 2.75) is 6.18 Å². The molecule has 0 aliphatic rings. The minimum Gasteiger partial charge on any atom is -0.363 e. The lowest BCUT2D eigenvalue weighted by molar-refractivity contribution is -0.137. The molecule has 0 saturated carbocycles. The number of hydrogen-bond acceptors (Lipinski definition) is 3. The Kier molecular flexibility index (Phi) is 4.30. The number of nitrogens with zero attached hydrogens (tertiary/aromatic N) is 3. The number of alkyl halides is 3. The molecule has 7 heteroatoms. The van der Waals surface area contributed by atoms with Crippen molar-refractivity contribution >= 4 is 16.9 Å². The third-order valence-corrected chi connectivity index (χ3v) is 4.42. The second-order valence-corrected chi connectivity index (χ2v) is 6.67. The number of halogens is 3. The number of anilines is 1. The van der Waals surface area contributed by atoms with Crippen molar-refractivity contribution in [3.63, 3.8) is 0 Å². The number of para-hydroxylation sites is 2. The minimum absolute atomic E-state index is 0.249. The Balaban J connectivity index is 1.82. The summed E-state index contributed by atoms with van der Waals surface area (Å²) in [5, 5.41) is 0. The topological polar surface area (TPSA) is 44.8 Å². The molecule has 0 spiro atoms. The maximum atomic E-state index is 13.3. The van der Waals surface area contributed by atoms with E-state index in [0.717, 1.165) is 28.7 Å². The highest BCUT2D eigenvalue weighted by atomic mass is 19.4. The monoisotopic (exact) mass is 382 g/mol. The number of fused-ring (bicyclic) bond motifs is 1. The molecule has 2 aromatic carbocycles. The molecule has 0 fully saturated rings. The smallest absolute Gasteiger partial charge is 0.363 e. The third kappa shape index (κ3) is 3.43. The molecule has 1 N–H and O–H groups in total. The van der Waals surface area contributed by atoms with Crippen LogP contribution in [0.5, 0.6) is 0 Å². The standard InChI is InChI=1S/C21H17F3N4/c1-28(2)19-12-15(21(22,23)24)11-18(25-19)13-6-5-7-14(10-13)20-26-16-8-3-4-9-17(16)27-20/h3-12H,1-2H3,(H,26,27). The van der Waals surface area contributed by atoms with Crippen molar-refractivity contribution in [1.29, 1.82) is 0 Å². The van der Waals surface area contributed by atoms with Gasteiger partial charge >= 0.3 is 6.18 Å². The van der Waals surface area contributed by atoms with Gasteiger partial charge in [0.15, 0.2) is 0 Å². The summed E-state index contributed by atoms with van der Waals surface area (Å²) in [7, 11) is 3.33. The van der Waals surface area contributed by atoms with Crippen molar-refractivity contribution < 1.29 is 13.2 Å². The fourth-order valence-electron chi connectivity index (χ4n) is 2.97. The number of H-pyrrole nitrogens is 1. The Morgan fingerprint density at radius 3 is 2.32 bits per heavy atom. The van der Waals surface area contributed by atoms with Crippen LogP contribution >= 0.6 is 0 Å². The lowest BCUT2D eigenvalue weighted by atomic mass is 10.1. The fraction of sp³-hybridized carbons (Fsp3) is 0.143. The van der Waals surface area contributed by atoms with E-state index in [9.17, 15) is 13.2 Å². The first-order chi connectivity index (χ1) is 13.3. The third-order valence-electron chi connectivity index (χ3n) is 4.42. The molecule has 4 rings (SSSR count). The second kappa shape index (κ2) is 6.67. The van der Waals surface area contributed by atoms with Crippen LogP contribution in [0.4, 0.5) is 19.0 Å². The number of benzene rings is 2. The van der Waals surface area contributed by atoms with Gasteiger partial charge in [0, 0.05) is 25.2 Å². The summed E-state index contributed by atoms with van der Waals surface area (Å²) in [6.45, 7) is 0. The average molecular weight is 382 g/mol. The zero-order valence-electron chi connectivity index (χ0n) is 15.2. The summed E-state index contributed by atoms with van der Waals surface area (Å²) >= 11 is 0. The average Bonchev–Trinajstić information content (AvgIpc) is 3.11. The van der Waals surface area contributed by atoms with Gasteiger partial charge in [0.05, 0.1) is 22.3 Å². The molecule has 4 aromatic rings. The SMILES string of the molecule is CN(C)c1cc(C(F)(F)F)cc(-c2cccc(-c3nc4ccccc4[nH]3)c2)n1. The molecule has 4 nitrogen and oxygen atoms in total. The Bertz CT molecular complexity index is 1110. The maximum absolute atomic E-state index is 13.3. The van der Waals surface area contributed by atoms with E-state index in [0.29, 0.717) is 11.4 Å². The van der Waals surface area contributed by atoms with Gasteiger partial charge in [-0.25, -0.2) is 9.97 Å². The van der Waals surface area contributed by atoms with Crippen LogP contribution in [0.25, 0.3) is 33.7 Å². The van der Waals surface area contributed by atoms with Crippen LogP contribution in [0, 0.1) is 0 Å². The number of aromatic amines is 1. The normalized spacial score (nSPS) is 11.8. The second-order valence-electron chi connectivity index (χ2n) is 6.67. The molecular weight excluding hydrogens is 365 g/mol. The molecule has 0 amide bonds. The summed E-state index contributed by atoms with van der Waals surface area (Å²) in [4.78, 5) is 13.7. The molecule has 0 saturated heterocycles. The highest BCUT2D eigenvalue weighted by Gasteiger charge is 2.32. The van der Waals surface area contributed by atoms with Crippen LogP contribution in [-0.4, -0.2) is 29.0 Å². The molecule has 0 aliphatic carbocycles. The van der Waals surface area contributed by atoms with Crippen LogP contribution in [0.1, 0.15) is 5.56 Å². The maximum Gasteiger partial charge on any atom is 0.416 e. The highest BCUT2D eigenvalue weighted by Crippen LogP contribution is 2.34. The van der Waals surface area contributed by atoms with Crippen molar-refractivity contribution in [2.24, 2.45) is 0 Å². The van der Waals surface area contributed by atoms with Gasteiger partial charge in [-0.15, -0.1) is 0 Å². The van der Waals surface area contributed by atoms with Gasteiger partial charge in [-0.1, -0.05) is 30.3 Å². The molecule has 0 atom stereocenters. The fourth-order valence-corrected chi connectivity index (χ4v) is 2.97. The Morgan fingerprint density at radius 2 is 1.61 bits per heavy atom. The van der Waals surface area contributed by atoms with Gasteiger partial charge in [-0.3, -0.25) is 0 Å². The van der Waals surface area contributed by atoms with Gasteiger partial charge in [0.25, 0.3) is 0 Å². The first kappa shape index (κ1) is 18.0. The summed E-state index contributed by atoms with van der Waals surface area (Å²) in [6.07, 6.45) is -4.45. The predicted molar refractivity (Wildman–Crippen MR) is 104 cm³/mol. The quantitative estimate of drug-likeness (QED) is 0.518. The van der Waals surface area contributed by atoms with E-state index in [1.165, 1.54) is 0 Å². The molecule has 0 aliphatic heterocycles. The van der Waals surface area contributed by atoms with Gasteiger partial charge < -0.3 is 9.88 Å². The van der Waals surface area contributed by atoms with Crippen molar-refractivity contribution in [3.8, 4) is 22.6 Å². The van der Waals surface area contributed by atoms with E-state index < -0.39 is 11.7 Å². The lowest BCUT2D eigenvalue weighted by Gasteiger charge is -2.16. The molecule has 0 bridgehead atoms. The number of imidazole rings is 1. The van der Waals surface area contributed by atoms with E-state index in [1.807, 2.05) is 30.3 Å². The number of nitrogens with one attached hydrogen (secondary N) is 1. The van der Waals surface area contributed by atoms with Gasteiger partial charge in [-0.05, 0) is 30.3 Å². The highest BCUT2D eigenvalue weighted by molar-refractivity contribution is 5.80. The molecule has 2 heterocycles. The summed E-state index contributed by atoms with van der Waals surface area (Å²) < 4.78 is 40.0. The van der Waals surface area contributed by atoms with Crippen molar-refractivity contribution in [3.05, 3.63) is 66.2 Å². The number of aromatic nitrogens is 3. The Morgan fingerprint density at radius 1 is 0.857 bits per heavy atom. The molecule has 28 heavy (non-hydrogen) atoms.